The van der Waals surface area contributed by atoms with Gasteiger partial charge in [-0.15, -0.1) is 0 Å². The standard InChI is InChI=1S/C17H24N2O3S.C2HF3O2/c20-17(19-3-6-21-7-4-19)15-10-18(9-13-2-8-23-12-13)11-16-14(15)1-5-22-16;3-2(4,5)1(6)7/h2,8,12,14-16H,1,3-7,9-11H2;(H,6,7)/t14-,15-,16+;/m0./s1. The first kappa shape index (κ1) is 23.0. The van der Waals surface area contributed by atoms with E-state index in [0.717, 1.165) is 45.8 Å². The van der Waals surface area contributed by atoms with Crippen molar-refractivity contribution in [2.45, 2.75) is 25.2 Å². The molecule has 3 atom stereocenters. The van der Waals surface area contributed by atoms with Gasteiger partial charge in [0.05, 0.1) is 25.2 Å². The third-order valence-electron chi connectivity index (χ3n) is 5.54. The van der Waals surface area contributed by atoms with Gasteiger partial charge in [-0.25, -0.2) is 4.79 Å². The van der Waals surface area contributed by atoms with E-state index in [1.165, 1.54) is 5.56 Å². The maximum absolute atomic E-state index is 13.0. The van der Waals surface area contributed by atoms with Crippen LogP contribution in [0.5, 0.6) is 0 Å². The van der Waals surface area contributed by atoms with Crippen molar-refractivity contribution in [2.24, 2.45) is 11.8 Å². The number of rotatable bonds is 3. The highest BCUT2D eigenvalue weighted by Crippen LogP contribution is 2.35. The molecule has 168 valence electrons. The number of carboxylic acid groups (broad SMARTS) is 1. The number of hydrogen-bond donors (Lipinski definition) is 1. The van der Waals surface area contributed by atoms with Gasteiger partial charge < -0.3 is 19.5 Å². The molecule has 11 heteroatoms. The van der Waals surface area contributed by atoms with Crippen LogP contribution < -0.4 is 0 Å². The summed E-state index contributed by atoms with van der Waals surface area (Å²) in [6, 6.07) is 2.17. The number of halogens is 3. The van der Waals surface area contributed by atoms with Crippen molar-refractivity contribution in [3.8, 4) is 0 Å². The number of fused-ring (bicyclic) bond motifs is 1. The molecule has 0 aromatic carbocycles. The number of nitrogens with zero attached hydrogens (tertiary/aromatic N) is 2. The first-order chi connectivity index (χ1) is 14.3. The summed E-state index contributed by atoms with van der Waals surface area (Å²) in [5.41, 5.74) is 1.34. The lowest BCUT2D eigenvalue weighted by Gasteiger charge is -2.41. The Bertz CT molecular complexity index is 710. The topological polar surface area (TPSA) is 79.3 Å². The van der Waals surface area contributed by atoms with E-state index in [-0.39, 0.29) is 12.0 Å². The average molecular weight is 450 g/mol. The first-order valence-electron chi connectivity index (χ1n) is 9.77. The van der Waals surface area contributed by atoms with E-state index >= 15 is 0 Å². The van der Waals surface area contributed by atoms with Crippen molar-refractivity contribution in [2.75, 3.05) is 46.0 Å². The Morgan fingerprint density at radius 1 is 1.20 bits per heavy atom. The molecule has 3 aliphatic heterocycles. The van der Waals surface area contributed by atoms with Crippen molar-refractivity contribution in [1.29, 1.82) is 0 Å². The molecule has 4 heterocycles. The van der Waals surface area contributed by atoms with E-state index in [0.29, 0.717) is 25.0 Å². The summed E-state index contributed by atoms with van der Waals surface area (Å²) < 4.78 is 43.1. The fraction of sp³-hybridized carbons (Fsp3) is 0.684. The van der Waals surface area contributed by atoms with Crippen LogP contribution in [-0.2, 0) is 25.6 Å². The molecular weight excluding hydrogens is 425 g/mol. The van der Waals surface area contributed by atoms with Crippen LogP contribution in [0.25, 0.3) is 0 Å². The minimum absolute atomic E-state index is 0.0768. The molecule has 30 heavy (non-hydrogen) atoms. The number of morpholine rings is 1. The fourth-order valence-electron chi connectivity index (χ4n) is 4.11. The van der Waals surface area contributed by atoms with Crippen LogP contribution in [0.3, 0.4) is 0 Å². The number of amides is 1. The Balaban J connectivity index is 0.000000318. The van der Waals surface area contributed by atoms with Crippen LogP contribution >= 0.6 is 11.3 Å². The number of aliphatic carboxylic acids is 1. The molecule has 0 bridgehead atoms. The largest absolute Gasteiger partial charge is 0.490 e. The highest BCUT2D eigenvalue weighted by atomic mass is 32.1. The van der Waals surface area contributed by atoms with Crippen molar-refractivity contribution < 1.29 is 37.3 Å². The molecule has 0 unspecified atom stereocenters. The molecule has 3 aliphatic rings. The van der Waals surface area contributed by atoms with Gasteiger partial charge in [0.2, 0.25) is 5.91 Å². The maximum atomic E-state index is 13.0. The van der Waals surface area contributed by atoms with Gasteiger partial charge in [-0.2, -0.15) is 24.5 Å². The predicted molar refractivity (Wildman–Crippen MR) is 102 cm³/mol. The molecule has 0 spiro atoms. The number of carbonyl (C=O) groups is 2. The first-order valence-corrected chi connectivity index (χ1v) is 10.7. The molecule has 3 fully saturated rings. The third-order valence-corrected chi connectivity index (χ3v) is 6.27. The number of alkyl halides is 3. The summed E-state index contributed by atoms with van der Waals surface area (Å²) in [5.74, 6) is -1.98. The number of hydrogen-bond acceptors (Lipinski definition) is 6. The predicted octanol–water partition coefficient (Wildman–Crippen LogP) is 2.08. The lowest BCUT2D eigenvalue weighted by molar-refractivity contribution is -0.192. The van der Waals surface area contributed by atoms with E-state index in [2.05, 4.69) is 21.7 Å². The Kier molecular flexibility index (Phi) is 7.72. The number of piperidine rings is 1. The van der Waals surface area contributed by atoms with Gasteiger partial charge in [0.15, 0.2) is 0 Å². The second-order valence-corrected chi connectivity index (χ2v) is 8.31. The Labute approximate surface area is 176 Å². The molecule has 3 saturated heterocycles. The zero-order chi connectivity index (χ0) is 21.7. The summed E-state index contributed by atoms with van der Waals surface area (Å²) in [7, 11) is 0. The molecule has 1 amide bonds. The molecule has 4 rings (SSSR count). The van der Waals surface area contributed by atoms with E-state index in [9.17, 15) is 18.0 Å². The van der Waals surface area contributed by atoms with Crippen molar-refractivity contribution in [3.05, 3.63) is 22.4 Å². The van der Waals surface area contributed by atoms with Crippen molar-refractivity contribution >= 4 is 23.2 Å². The normalized spacial score (nSPS) is 27.2. The van der Waals surface area contributed by atoms with Crippen LogP contribution in [0.4, 0.5) is 13.2 Å². The Morgan fingerprint density at radius 2 is 1.90 bits per heavy atom. The van der Waals surface area contributed by atoms with Gasteiger partial charge in [-0.05, 0) is 28.8 Å². The quantitative estimate of drug-likeness (QED) is 0.760. The van der Waals surface area contributed by atoms with Gasteiger partial charge >= 0.3 is 12.1 Å². The van der Waals surface area contributed by atoms with E-state index < -0.39 is 12.1 Å². The van der Waals surface area contributed by atoms with Gasteiger partial charge in [0.25, 0.3) is 0 Å². The molecule has 1 N–H and O–H groups in total. The van der Waals surface area contributed by atoms with Gasteiger partial charge in [0.1, 0.15) is 0 Å². The van der Waals surface area contributed by atoms with E-state index in [4.69, 9.17) is 19.4 Å². The number of carbonyl (C=O) groups excluding carboxylic acids is 1. The zero-order valence-corrected chi connectivity index (χ0v) is 17.2. The van der Waals surface area contributed by atoms with E-state index in [1.807, 2.05) is 4.90 Å². The zero-order valence-electron chi connectivity index (χ0n) is 16.3. The van der Waals surface area contributed by atoms with Crippen LogP contribution in [-0.4, -0.2) is 85.1 Å². The Hall–Kier alpha value is -1.69. The minimum Gasteiger partial charge on any atom is -0.475 e. The van der Waals surface area contributed by atoms with E-state index in [1.54, 1.807) is 11.3 Å². The second-order valence-electron chi connectivity index (χ2n) is 7.53. The smallest absolute Gasteiger partial charge is 0.475 e. The molecule has 0 radical (unpaired) electrons. The molecule has 0 saturated carbocycles. The van der Waals surface area contributed by atoms with Crippen LogP contribution in [0.2, 0.25) is 0 Å². The number of thiophene rings is 1. The fourth-order valence-corrected chi connectivity index (χ4v) is 4.77. The lowest BCUT2D eigenvalue weighted by Crippen LogP contribution is -2.54. The summed E-state index contributed by atoms with van der Waals surface area (Å²) in [6.07, 6.45) is -3.84. The Morgan fingerprint density at radius 3 is 2.50 bits per heavy atom. The lowest BCUT2D eigenvalue weighted by atomic mass is 9.81. The highest BCUT2D eigenvalue weighted by molar-refractivity contribution is 7.07. The summed E-state index contributed by atoms with van der Waals surface area (Å²) in [6.45, 7) is 6.33. The average Bonchev–Trinajstić information content (AvgIpc) is 3.39. The molecule has 1 aromatic rings. The summed E-state index contributed by atoms with van der Waals surface area (Å²) in [4.78, 5) is 26.3. The van der Waals surface area contributed by atoms with Gasteiger partial charge in [-0.3, -0.25) is 9.69 Å². The minimum atomic E-state index is -5.08. The number of likely N-dealkylation sites (tertiary alicyclic amines) is 1. The van der Waals surface area contributed by atoms with Crippen molar-refractivity contribution in [3.63, 3.8) is 0 Å². The van der Waals surface area contributed by atoms with Crippen molar-refractivity contribution in [1.82, 2.24) is 9.80 Å². The summed E-state index contributed by atoms with van der Waals surface area (Å²) >= 11 is 1.73. The van der Waals surface area contributed by atoms with Gasteiger partial charge in [-0.1, -0.05) is 0 Å². The molecule has 7 nitrogen and oxygen atoms in total. The number of ether oxygens (including phenoxy) is 2. The SMILES string of the molecule is O=C(O)C(F)(F)F.O=C([C@H]1CN(Cc2ccsc2)C[C@H]2OCC[C@@H]12)N1CCOCC1. The maximum Gasteiger partial charge on any atom is 0.490 e. The number of carboxylic acids is 1. The highest BCUT2D eigenvalue weighted by Gasteiger charge is 2.45. The second kappa shape index (κ2) is 10.1. The van der Waals surface area contributed by atoms with Gasteiger partial charge in [0, 0.05) is 45.2 Å². The van der Waals surface area contributed by atoms with Crippen LogP contribution in [0.15, 0.2) is 16.8 Å². The molecule has 1 aromatic heterocycles. The summed E-state index contributed by atoms with van der Waals surface area (Å²) in [5, 5.41) is 11.4. The molecule has 0 aliphatic carbocycles. The molecular formula is C19H25F3N2O5S. The van der Waals surface area contributed by atoms with Crippen LogP contribution in [0, 0.1) is 11.8 Å². The van der Waals surface area contributed by atoms with Crippen LogP contribution in [0.1, 0.15) is 12.0 Å². The third kappa shape index (κ3) is 5.93. The monoisotopic (exact) mass is 450 g/mol.